The Labute approximate surface area is 223 Å². The van der Waals surface area contributed by atoms with E-state index < -0.39 is 12.0 Å². The third kappa shape index (κ3) is 6.65. The summed E-state index contributed by atoms with van der Waals surface area (Å²) in [5, 5.41) is 15.9. The van der Waals surface area contributed by atoms with Crippen LogP contribution < -0.4 is 10.6 Å². The molecule has 0 aliphatic carbocycles. The summed E-state index contributed by atoms with van der Waals surface area (Å²) in [6.45, 7) is 8.40. The Morgan fingerprint density at radius 3 is 2.18 bits per heavy atom. The van der Waals surface area contributed by atoms with Crippen LogP contribution in [0.15, 0.2) is 79.0 Å². The van der Waals surface area contributed by atoms with Gasteiger partial charge in [0.2, 0.25) is 0 Å². The van der Waals surface area contributed by atoms with Crippen LogP contribution in [-0.4, -0.2) is 28.0 Å². The third-order valence-corrected chi connectivity index (χ3v) is 6.55. The first kappa shape index (κ1) is 26.6. The zero-order chi connectivity index (χ0) is 27.2. The number of aromatic nitrogens is 1. The van der Waals surface area contributed by atoms with E-state index in [-0.39, 0.29) is 12.3 Å². The van der Waals surface area contributed by atoms with Gasteiger partial charge < -0.3 is 15.7 Å². The summed E-state index contributed by atoms with van der Waals surface area (Å²) >= 11 is 0. The van der Waals surface area contributed by atoms with Gasteiger partial charge in [0, 0.05) is 24.7 Å². The van der Waals surface area contributed by atoms with E-state index in [1.165, 1.54) is 0 Å². The number of carbonyl (C=O) groups excluding carboxylic acids is 1. The average Bonchev–Trinajstić information content (AvgIpc) is 2.87. The highest BCUT2D eigenvalue weighted by atomic mass is 16.4. The number of carboxylic acids is 1. The lowest BCUT2D eigenvalue weighted by Gasteiger charge is -2.17. The van der Waals surface area contributed by atoms with Crippen molar-refractivity contribution in [2.75, 3.05) is 5.32 Å². The molecule has 0 aliphatic heterocycles. The zero-order valence-electron chi connectivity index (χ0n) is 22.2. The number of carboxylic acid groups (broad SMARTS) is 1. The smallest absolute Gasteiger partial charge is 0.326 e. The summed E-state index contributed by atoms with van der Waals surface area (Å²) < 4.78 is 0. The Balaban J connectivity index is 1.43. The molecule has 0 fully saturated rings. The van der Waals surface area contributed by atoms with Crippen molar-refractivity contribution in [2.45, 2.75) is 46.7 Å². The van der Waals surface area contributed by atoms with Crippen molar-refractivity contribution in [3.63, 3.8) is 0 Å². The summed E-state index contributed by atoms with van der Waals surface area (Å²) in [5.74, 6) is -0.587. The highest BCUT2D eigenvalue weighted by molar-refractivity contribution is 5.99. The molecular weight excluding hydrogens is 474 g/mol. The topological polar surface area (TPSA) is 91.3 Å². The quantitative estimate of drug-likeness (QED) is 0.258. The van der Waals surface area contributed by atoms with Gasteiger partial charge in [-0.3, -0.25) is 4.79 Å². The van der Waals surface area contributed by atoms with Crippen LogP contribution in [0.2, 0.25) is 0 Å². The first-order valence-electron chi connectivity index (χ1n) is 12.7. The molecule has 38 heavy (non-hydrogen) atoms. The maximum atomic E-state index is 13.0. The molecule has 6 nitrogen and oxygen atoms in total. The van der Waals surface area contributed by atoms with Crippen LogP contribution in [0.3, 0.4) is 0 Å². The summed E-state index contributed by atoms with van der Waals surface area (Å²) in [5.41, 5.74) is 8.49. The molecule has 1 unspecified atom stereocenters. The molecule has 3 N–H and O–H groups in total. The van der Waals surface area contributed by atoms with Crippen LogP contribution in [0.1, 0.15) is 43.7 Å². The van der Waals surface area contributed by atoms with Crippen molar-refractivity contribution in [1.29, 1.82) is 0 Å². The lowest BCUT2D eigenvalue weighted by atomic mass is 9.97. The predicted octanol–water partition coefficient (Wildman–Crippen LogP) is 6.02. The molecule has 4 rings (SSSR count). The Morgan fingerprint density at radius 1 is 0.816 bits per heavy atom. The van der Waals surface area contributed by atoms with E-state index in [1.54, 1.807) is 6.20 Å². The van der Waals surface area contributed by atoms with E-state index in [2.05, 4.69) is 33.8 Å². The molecule has 0 aliphatic rings. The van der Waals surface area contributed by atoms with Crippen LogP contribution in [0.4, 0.5) is 5.82 Å². The molecular formula is C32H33N3O3. The molecule has 1 amide bonds. The molecule has 0 bridgehead atoms. The van der Waals surface area contributed by atoms with Crippen LogP contribution in [0.5, 0.6) is 0 Å². The van der Waals surface area contributed by atoms with Gasteiger partial charge in [0.15, 0.2) is 0 Å². The number of nitrogens with zero attached hydrogens (tertiary/aromatic N) is 1. The van der Waals surface area contributed by atoms with E-state index in [0.29, 0.717) is 12.1 Å². The Hall–Kier alpha value is -4.45. The van der Waals surface area contributed by atoms with Crippen molar-refractivity contribution in [3.8, 4) is 11.1 Å². The number of rotatable bonds is 9. The van der Waals surface area contributed by atoms with Crippen molar-refractivity contribution >= 4 is 17.7 Å². The molecule has 1 aromatic heterocycles. The number of carbonyl (C=O) groups is 2. The van der Waals surface area contributed by atoms with E-state index in [0.717, 1.165) is 50.3 Å². The SMILES string of the molecule is Cc1ccnc(NCc2cccc(-c3ccc(CC(NC(=O)c4c(C)cc(C)cc4C)C(=O)O)cc3)c2)c1. The lowest BCUT2D eigenvalue weighted by Crippen LogP contribution is -2.42. The third-order valence-electron chi connectivity index (χ3n) is 6.55. The van der Waals surface area contributed by atoms with Gasteiger partial charge in [0.05, 0.1) is 0 Å². The highest BCUT2D eigenvalue weighted by Gasteiger charge is 2.23. The van der Waals surface area contributed by atoms with E-state index in [9.17, 15) is 14.7 Å². The second-order valence-corrected chi connectivity index (χ2v) is 9.81. The minimum Gasteiger partial charge on any atom is -0.480 e. The van der Waals surface area contributed by atoms with Gasteiger partial charge in [-0.25, -0.2) is 9.78 Å². The van der Waals surface area contributed by atoms with Gasteiger partial charge in [0.25, 0.3) is 5.91 Å². The van der Waals surface area contributed by atoms with Gasteiger partial charge in [-0.05, 0) is 84.8 Å². The Kier molecular flexibility index (Phi) is 8.22. The van der Waals surface area contributed by atoms with Crippen LogP contribution in [0, 0.1) is 27.7 Å². The number of aryl methyl sites for hydroxylation is 4. The molecule has 0 saturated carbocycles. The largest absolute Gasteiger partial charge is 0.480 e. The summed E-state index contributed by atoms with van der Waals surface area (Å²) in [7, 11) is 0. The molecule has 3 aromatic carbocycles. The van der Waals surface area contributed by atoms with E-state index in [1.807, 2.05) is 82.3 Å². The fourth-order valence-electron chi connectivity index (χ4n) is 4.72. The van der Waals surface area contributed by atoms with Crippen molar-refractivity contribution < 1.29 is 14.7 Å². The first-order chi connectivity index (χ1) is 18.2. The maximum Gasteiger partial charge on any atom is 0.326 e. The fraction of sp³-hybridized carbons (Fsp3) is 0.219. The number of nitrogens with one attached hydrogen (secondary N) is 2. The number of pyridine rings is 1. The number of aliphatic carboxylic acids is 1. The predicted molar refractivity (Wildman–Crippen MR) is 151 cm³/mol. The van der Waals surface area contributed by atoms with Crippen molar-refractivity contribution in [3.05, 3.63) is 118 Å². The van der Waals surface area contributed by atoms with Crippen LogP contribution in [0.25, 0.3) is 11.1 Å². The maximum absolute atomic E-state index is 13.0. The molecule has 0 radical (unpaired) electrons. The molecule has 1 atom stereocenters. The van der Waals surface area contributed by atoms with E-state index >= 15 is 0 Å². The van der Waals surface area contributed by atoms with Gasteiger partial charge in [-0.1, -0.05) is 60.2 Å². The Bertz CT molecular complexity index is 1440. The molecule has 1 heterocycles. The number of amides is 1. The van der Waals surface area contributed by atoms with E-state index in [4.69, 9.17) is 0 Å². The highest BCUT2D eigenvalue weighted by Crippen LogP contribution is 2.23. The standard InChI is InChI=1S/C32H33N3O3/c1-20-12-13-33-29(16-20)34-19-25-6-5-7-27(17-25)26-10-8-24(9-11-26)18-28(32(37)38)35-31(36)30-22(3)14-21(2)15-23(30)4/h5-17,28H,18-19H2,1-4H3,(H,33,34)(H,35,36)(H,37,38). The molecule has 0 saturated heterocycles. The van der Waals surface area contributed by atoms with Crippen LogP contribution in [-0.2, 0) is 17.8 Å². The van der Waals surface area contributed by atoms with Gasteiger partial charge in [0.1, 0.15) is 11.9 Å². The monoisotopic (exact) mass is 507 g/mol. The molecule has 194 valence electrons. The van der Waals surface area contributed by atoms with Crippen molar-refractivity contribution in [1.82, 2.24) is 10.3 Å². The molecule has 0 spiro atoms. The summed E-state index contributed by atoms with van der Waals surface area (Å²) in [6.07, 6.45) is 1.99. The fourth-order valence-corrected chi connectivity index (χ4v) is 4.72. The number of anilines is 1. The van der Waals surface area contributed by atoms with Crippen molar-refractivity contribution in [2.24, 2.45) is 0 Å². The number of hydrogen-bond acceptors (Lipinski definition) is 4. The molecule has 4 aromatic rings. The lowest BCUT2D eigenvalue weighted by molar-refractivity contribution is -0.139. The Morgan fingerprint density at radius 2 is 1.53 bits per heavy atom. The van der Waals surface area contributed by atoms with Gasteiger partial charge >= 0.3 is 5.97 Å². The second-order valence-electron chi connectivity index (χ2n) is 9.81. The zero-order valence-corrected chi connectivity index (χ0v) is 22.2. The van der Waals surface area contributed by atoms with Gasteiger partial charge in [-0.2, -0.15) is 0 Å². The normalized spacial score (nSPS) is 11.6. The second kappa shape index (κ2) is 11.7. The minimum atomic E-state index is -1.06. The number of benzene rings is 3. The summed E-state index contributed by atoms with van der Waals surface area (Å²) in [4.78, 5) is 29.3. The average molecular weight is 508 g/mol. The van der Waals surface area contributed by atoms with Gasteiger partial charge in [-0.15, -0.1) is 0 Å². The molecule has 6 heteroatoms. The summed E-state index contributed by atoms with van der Waals surface area (Å²) in [6, 6.07) is 22.9. The minimum absolute atomic E-state index is 0.193. The first-order valence-corrected chi connectivity index (χ1v) is 12.7. The van der Waals surface area contributed by atoms with Crippen LogP contribution >= 0.6 is 0 Å². The number of hydrogen-bond donors (Lipinski definition) is 3.